The molecule has 0 heterocycles. The molecule has 0 fully saturated rings. The molecule has 80 valence electrons. The summed E-state index contributed by atoms with van der Waals surface area (Å²) in [4.78, 5) is 0. The minimum Gasteiger partial charge on any atom is -0.207 e. The zero-order valence-electron chi connectivity index (χ0n) is 9.49. The first-order valence-corrected chi connectivity index (χ1v) is 5.35. The molecule has 0 spiro atoms. The van der Waals surface area contributed by atoms with Gasteiger partial charge in [-0.1, -0.05) is 39.3 Å². The quantitative estimate of drug-likeness (QED) is 0.624. The topological polar surface area (TPSA) is 0 Å². The summed E-state index contributed by atoms with van der Waals surface area (Å²) < 4.78 is 13.1. The van der Waals surface area contributed by atoms with E-state index in [-0.39, 0.29) is 11.7 Å². The van der Waals surface area contributed by atoms with E-state index in [1.807, 2.05) is 27.7 Å². The van der Waals surface area contributed by atoms with Gasteiger partial charge in [0.25, 0.3) is 0 Å². The van der Waals surface area contributed by atoms with Crippen LogP contribution in [0.1, 0.15) is 44.7 Å². The van der Waals surface area contributed by atoms with Crippen LogP contribution in [0.2, 0.25) is 5.02 Å². The third-order valence-electron chi connectivity index (χ3n) is 1.90. The second-order valence-electron chi connectivity index (χ2n) is 3.28. The van der Waals surface area contributed by atoms with Crippen LogP contribution in [-0.4, -0.2) is 0 Å². The molecule has 1 aromatic rings. The lowest BCUT2D eigenvalue weighted by molar-refractivity contribution is 0.614. The summed E-state index contributed by atoms with van der Waals surface area (Å²) in [5.41, 5.74) is 1.48. The average Bonchev–Trinajstić information content (AvgIpc) is 2.14. The Balaban J connectivity index is 0.000000791. The smallest absolute Gasteiger partial charge is 0.126 e. The molecule has 0 radical (unpaired) electrons. The van der Waals surface area contributed by atoms with Crippen LogP contribution in [0.25, 0.3) is 0 Å². The molecule has 0 saturated heterocycles. The standard InChI is InChI=1S/C10H12ClF.C2H6/c1-6(2)8-5-10(12)7(3)4-9(8)11;1-2/h4-6H,1-3H3;1-2H3. The summed E-state index contributed by atoms with van der Waals surface area (Å²) in [6, 6.07) is 3.19. The van der Waals surface area contributed by atoms with E-state index in [9.17, 15) is 4.39 Å². The normalized spacial score (nSPS) is 9.71. The maximum atomic E-state index is 13.1. The molecule has 0 aliphatic rings. The van der Waals surface area contributed by atoms with Crippen LogP contribution in [0.5, 0.6) is 0 Å². The van der Waals surface area contributed by atoms with Crippen molar-refractivity contribution in [1.29, 1.82) is 0 Å². The highest BCUT2D eigenvalue weighted by Gasteiger charge is 2.08. The van der Waals surface area contributed by atoms with Gasteiger partial charge in [-0.3, -0.25) is 0 Å². The average molecular weight is 217 g/mol. The molecule has 0 unspecified atom stereocenters. The molecule has 0 aromatic heterocycles. The fourth-order valence-corrected chi connectivity index (χ4v) is 1.54. The van der Waals surface area contributed by atoms with Crippen LogP contribution < -0.4 is 0 Å². The van der Waals surface area contributed by atoms with Crippen LogP contribution >= 0.6 is 11.6 Å². The molecule has 0 atom stereocenters. The monoisotopic (exact) mass is 216 g/mol. The van der Waals surface area contributed by atoms with Crippen molar-refractivity contribution >= 4 is 11.6 Å². The minimum absolute atomic E-state index is 0.178. The minimum atomic E-state index is -0.178. The zero-order chi connectivity index (χ0) is 11.3. The van der Waals surface area contributed by atoms with E-state index in [4.69, 9.17) is 11.6 Å². The van der Waals surface area contributed by atoms with Gasteiger partial charge in [-0.15, -0.1) is 0 Å². The van der Waals surface area contributed by atoms with Gasteiger partial charge in [0.1, 0.15) is 5.82 Å². The summed E-state index contributed by atoms with van der Waals surface area (Å²) in [6.07, 6.45) is 0. The lowest BCUT2D eigenvalue weighted by Crippen LogP contribution is -1.92. The molecule has 1 rings (SSSR count). The van der Waals surface area contributed by atoms with Crippen molar-refractivity contribution < 1.29 is 4.39 Å². The summed E-state index contributed by atoms with van der Waals surface area (Å²) in [7, 11) is 0. The Morgan fingerprint density at radius 3 is 2.14 bits per heavy atom. The predicted molar refractivity (Wildman–Crippen MR) is 61.6 cm³/mol. The van der Waals surface area contributed by atoms with E-state index in [0.717, 1.165) is 5.56 Å². The van der Waals surface area contributed by atoms with Crippen LogP contribution in [0.4, 0.5) is 4.39 Å². The second kappa shape index (κ2) is 6.02. The third-order valence-corrected chi connectivity index (χ3v) is 2.23. The number of halogens is 2. The summed E-state index contributed by atoms with van der Waals surface area (Å²) >= 11 is 5.93. The lowest BCUT2D eigenvalue weighted by Gasteiger charge is -2.09. The van der Waals surface area contributed by atoms with Crippen LogP contribution in [0, 0.1) is 12.7 Å². The van der Waals surface area contributed by atoms with Crippen molar-refractivity contribution in [3.8, 4) is 0 Å². The first kappa shape index (κ1) is 13.4. The van der Waals surface area contributed by atoms with Gasteiger partial charge in [-0.25, -0.2) is 4.39 Å². The van der Waals surface area contributed by atoms with Crippen molar-refractivity contribution in [2.24, 2.45) is 0 Å². The van der Waals surface area contributed by atoms with E-state index in [1.165, 1.54) is 6.07 Å². The van der Waals surface area contributed by atoms with Gasteiger partial charge in [-0.2, -0.15) is 0 Å². The maximum Gasteiger partial charge on any atom is 0.126 e. The highest BCUT2D eigenvalue weighted by atomic mass is 35.5. The molecule has 2 heteroatoms. The molecule has 1 aromatic carbocycles. The van der Waals surface area contributed by atoms with Gasteiger partial charge < -0.3 is 0 Å². The molecular weight excluding hydrogens is 199 g/mol. The Kier molecular flexibility index (Phi) is 5.78. The van der Waals surface area contributed by atoms with Crippen molar-refractivity contribution in [1.82, 2.24) is 0 Å². The first-order valence-electron chi connectivity index (χ1n) is 4.98. The van der Waals surface area contributed by atoms with Gasteiger partial charge >= 0.3 is 0 Å². The fourth-order valence-electron chi connectivity index (χ4n) is 1.10. The molecule has 0 aliphatic heterocycles. The van der Waals surface area contributed by atoms with Crippen molar-refractivity contribution in [2.45, 2.75) is 40.5 Å². The van der Waals surface area contributed by atoms with Crippen LogP contribution in [-0.2, 0) is 0 Å². The molecule has 0 aliphatic carbocycles. The van der Waals surface area contributed by atoms with E-state index in [1.54, 1.807) is 13.0 Å². The maximum absolute atomic E-state index is 13.1. The number of hydrogen-bond donors (Lipinski definition) is 0. The van der Waals surface area contributed by atoms with Crippen LogP contribution in [0.15, 0.2) is 12.1 Å². The second-order valence-corrected chi connectivity index (χ2v) is 3.68. The summed E-state index contributed by atoms with van der Waals surface area (Å²) in [6.45, 7) is 9.71. The number of hydrogen-bond acceptors (Lipinski definition) is 0. The molecule has 0 amide bonds. The van der Waals surface area contributed by atoms with Gasteiger partial charge in [0.05, 0.1) is 0 Å². The Morgan fingerprint density at radius 1 is 1.21 bits per heavy atom. The highest BCUT2D eigenvalue weighted by molar-refractivity contribution is 6.31. The predicted octanol–water partition coefficient (Wildman–Crippen LogP) is 4.94. The largest absolute Gasteiger partial charge is 0.207 e. The SMILES string of the molecule is CC.Cc1cc(Cl)c(C(C)C)cc1F. The Bertz CT molecular complexity index is 293. The van der Waals surface area contributed by atoms with E-state index >= 15 is 0 Å². The Morgan fingerprint density at radius 2 is 1.71 bits per heavy atom. The van der Waals surface area contributed by atoms with Crippen molar-refractivity contribution in [3.05, 3.63) is 34.1 Å². The van der Waals surface area contributed by atoms with E-state index in [0.29, 0.717) is 10.6 Å². The van der Waals surface area contributed by atoms with Crippen LogP contribution in [0.3, 0.4) is 0 Å². The molecule has 0 saturated carbocycles. The Hall–Kier alpha value is -0.560. The molecular formula is C12H18ClF. The number of benzene rings is 1. The third kappa shape index (κ3) is 3.30. The van der Waals surface area contributed by atoms with E-state index in [2.05, 4.69) is 0 Å². The van der Waals surface area contributed by atoms with Gasteiger partial charge in [0, 0.05) is 5.02 Å². The van der Waals surface area contributed by atoms with Gasteiger partial charge in [-0.05, 0) is 36.1 Å². The molecule has 14 heavy (non-hydrogen) atoms. The fraction of sp³-hybridized carbons (Fsp3) is 0.500. The first-order chi connectivity index (χ1) is 6.52. The van der Waals surface area contributed by atoms with Gasteiger partial charge in [0.2, 0.25) is 0 Å². The zero-order valence-corrected chi connectivity index (χ0v) is 10.2. The number of aryl methyl sites for hydroxylation is 1. The van der Waals surface area contributed by atoms with E-state index < -0.39 is 0 Å². The molecule has 0 N–H and O–H groups in total. The summed E-state index contributed by atoms with van der Waals surface area (Å²) in [5.74, 6) is 0.0932. The van der Waals surface area contributed by atoms with Gasteiger partial charge in [0.15, 0.2) is 0 Å². The van der Waals surface area contributed by atoms with Crippen molar-refractivity contribution in [2.75, 3.05) is 0 Å². The molecule has 0 bridgehead atoms. The molecule has 0 nitrogen and oxygen atoms in total. The highest BCUT2D eigenvalue weighted by Crippen LogP contribution is 2.26. The number of rotatable bonds is 1. The lowest BCUT2D eigenvalue weighted by atomic mass is 10.0. The summed E-state index contributed by atoms with van der Waals surface area (Å²) in [5, 5.41) is 0.656. The van der Waals surface area contributed by atoms with Crippen molar-refractivity contribution in [3.63, 3.8) is 0 Å². The Labute approximate surface area is 91.1 Å².